The minimum atomic E-state index is -0.502. The molecule has 0 saturated heterocycles. The van der Waals surface area contributed by atoms with Gasteiger partial charge in [0.1, 0.15) is 0 Å². The van der Waals surface area contributed by atoms with E-state index in [-0.39, 0.29) is 11.7 Å². The average Bonchev–Trinajstić information content (AvgIpc) is 2.58. The summed E-state index contributed by atoms with van der Waals surface area (Å²) in [6.45, 7) is 0. The van der Waals surface area contributed by atoms with E-state index in [9.17, 15) is 4.39 Å². The lowest BCUT2D eigenvalue weighted by molar-refractivity contribution is 0.560. The molecule has 0 N–H and O–H groups in total. The highest BCUT2D eigenvalue weighted by Gasteiger charge is 2.05. The van der Waals surface area contributed by atoms with E-state index < -0.39 is 5.82 Å². The molecule has 0 saturated carbocycles. The van der Waals surface area contributed by atoms with Gasteiger partial charge in [-0.15, -0.1) is 10.2 Å². The van der Waals surface area contributed by atoms with Crippen LogP contribution in [0.3, 0.4) is 0 Å². The van der Waals surface area contributed by atoms with Crippen LogP contribution in [0.25, 0.3) is 11.7 Å². The first kappa shape index (κ1) is 6.84. The van der Waals surface area contributed by atoms with Crippen molar-refractivity contribution in [2.24, 2.45) is 0 Å². The zero-order valence-corrected chi connectivity index (χ0v) is 5.81. The van der Waals surface area contributed by atoms with Gasteiger partial charge in [0.05, 0.1) is 12.4 Å². The molecule has 5 nitrogen and oxygen atoms in total. The quantitative estimate of drug-likeness (QED) is 0.622. The molecule has 2 aromatic rings. The first-order valence-electron chi connectivity index (χ1n) is 3.10. The zero-order chi connectivity index (χ0) is 8.39. The molecule has 2 rings (SSSR count). The van der Waals surface area contributed by atoms with Gasteiger partial charge in [0.25, 0.3) is 5.89 Å². The maximum absolute atomic E-state index is 12.3. The van der Waals surface area contributed by atoms with Crippen molar-refractivity contribution >= 4 is 0 Å². The van der Waals surface area contributed by atoms with Crippen molar-refractivity contribution in [2.75, 3.05) is 0 Å². The summed E-state index contributed by atoms with van der Waals surface area (Å²) in [6.07, 6.45) is 3.22. The van der Waals surface area contributed by atoms with Gasteiger partial charge in [0.15, 0.2) is 5.82 Å². The largest absolute Gasteiger partial charge is 0.421 e. The zero-order valence-electron chi connectivity index (χ0n) is 5.81. The van der Waals surface area contributed by atoms with E-state index in [1.807, 2.05) is 0 Å². The van der Waals surface area contributed by atoms with Crippen LogP contribution in [-0.2, 0) is 0 Å². The molecule has 0 unspecified atom stereocenters. The molecule has 6 heteroatoms. The summed E-state index contributed by atoms with van der Waals surface area (Å²) in [4.78, 5) is 7.28. The second-order valence-corrected chi connectivity index (χ2v) is 1.97. The highest BCUT2D eigenvalue weighted by atomic mass is 19.1. The Kier molecular flexibility index (Phi) is 1.51. The lowest BCUT2D eigenvalue weighted by Gasteiger charge is -1.90. The molecule has 2 aromatic heterocycles. The first-order valence-corrected chi connectivity index (χ1v) is 3.10. The van der Waals surface area contributed by atoms with Crippen LogP contribution in [0.15, 0.2) is 23.2 Å². The molecule has 0 bridgehead atoms. The molecule has 0 amide bonds. The third kappa shape index (κ3) is 1.14. The summed E-state index contributed by atoms with van der Waals surface area (Å²) < 4.78 is 17.1. The molecule has 0 aliphatic heterocycles. The van der Waals surface area contributed by atoms with Crippen molar-refractivity contribution < 1.29 is 8.81 Å². The topological polar surface area (TPSA) is 64.7 Å². The molecule has 60 valence electrons. The number of aromatic nitrogens is 4. The van der Waals surface area contributed by atoms with Gasteiger partial charge in [-0.05, 0) is 0 Å². The molecule has 12 heavy (non-hydrogen) atoms. The molecule has 0 spiro atoms. The fraction of sp³-hybridized carbons (Fsp3) is 0. The van der Waals surface area contributed by atoms with Crippen molar-refractivity contribution in [1.29, 1.82) is 0 Å². The first-order chi connectivity index (χ1) is 5.86. The molecule has 0 atom stereocenters. The van der Waals surface area contributed by atoms with Crippen LogP contribution < -0.4 is 0 Å². The van der Waals surface area contributed by atoms with Crippen molar-refractivity contribution in [3.8, 4) is 11.7 Å². The number of hydrogen-bond donors (Lipinski definition) is 0. The summed E-state index contributed by atoms with van der Waals surface area (Å²) in [5.74, 6) is -0.109. The monoisotopic (exact) mass is 166 g/mol. The highest BCUT2D eigenvalue weighted by Crippen LogP contribution is 2.08. The van der Waals surface area contributed by atoms with E-state index in [1.165, 1.54) is 0 Å². The van der Waals surface area contributed by atoms with Crippen LogP contribution in [0.4, 0.5) is 4.39 Å². The van der Waals surface area contributed by atoms with Crippen LogP contribution in [-0.4, -0.2) is 20.2 Å². The Hall–Kier alpha value is -1.85. The SMILES string of the molecule is Fc1cnc(-c2nnco2)nc1. The van der Waals surface area contributed by atoms with Crippen LogP contribution in [0.5, 0.6) is 0 Å². The molecule has 0 aliphatic carbocycles. The minimum absolute atomic E-state index is 0.176. The summed E-state index contributed by atoms with van der Waals surface area (Å²) in [6, 6.07) is 0. The Balaban J connectivity index is 2.43. The van der Waals surface area contributed by atoms with E-state index in [0.717, 1.165) is 18.8 Å². The smallest absolute Gasteiger partial charge is 0.285 e. The van der Waals surface area contributed by atoms with Gasteiger partial charge < -0.3 is 4.42 Å². The van der Waals surface area contributed by atoms with Crippen molar-refractivity contribution in [3.63, 3.8) is 0 Å². The van der Waals surface area contributed by atoms with Gasteiger partial charge >= 0.3 is 0 Å². The lowest BCUT2D eigenvalue weighted by atomic mass is 10.5. The summed E-state index contributed by atoms with van der Waals surface area (Å²) in [5.41, 5.74) is 0. The van der Waals surface area contributed by atoms with Gasteiger partial charge in [-0.25, -0.2) is 14.4 Å². The maximum atomic E-state index is 12.3. The number of rotatable bonds is 1. The second kappa shape index (κ2) is 2.65. The number of hydrogen-bond acceptors (Lipinski definition) is 5. The van der Waals surface area contributed by atoms with Gasteiger partial charge in [0, 0.05) is 0 Å². The number of nitrogens with zero attached hydrogens (tertiary/aromatic N) is 4. The molecule has 2 heterocycles. The van der Waals surface area contributed by atoms with E-state index in [2.05, 4.69) is 20.2 Å². The Morgan fingerprint density at radius 2 is 2.00 bits per heavy atom. The van der Waals surface area contributed by atoms with Crippen LogP contribution >= 0.6 is 0 Å². The van der Waals surface area contributed by atoms with Crippen molar-refractivity contribution in [3.05, 3.63) is 24.6 Å². The Bertz CT molecular complexity index is 358. The molecule has 0 radical (unpaired) electrons. The third-order valence-corrected chi connectivity index (χ3v) is 1.17. The Morgan fingerprint density at radius 3 is 2.58 bits per heavy atom. The van der Waals surface area contributed by atoms with Crippen LogP contribution in [0.2, 0.25) is 0 Å². The van der Waals surface area contributed by atoms with Gasteiger partial charge in [0.2, 0.25) is 12.2 Å². The van der Waals surface area contributed by atoms with Gasteiger partial charge in [-0.2, -0.15) is 0 Å². The van der Waals surface area contributed by atoms with Gasteiger partial charge in [-0.1, -0.05) is 0 Å². The standard InChI is InChI=1S/C6H3FN4O/c7-4-1-8-5(9-2-4)6-11-10-3-12-6/h1-3H. The van der Waals surface area contributed by atoms with E-state index in [4.69, 9.17) is 4.42 Å². The Labute approximate surface area is 66.3 Å². The lowest BCUT2D eigenvalue weighted by Crippen LogP contribution is -1.89. The molecular formula is C6H3FN4O. The molecule has 0 aromatic carbocycles. The van der Waals surface area contributed by atoms with Gasteiger partial charge in [-0.3, -0.25) is 0 Å². The van der Waals surface area contributed by atoms with E-state index in [1.54, 1.807) is 0 Å². The molecule has 0 fully saturated rings. The Morgan fingerprint density at radius 1 is 1.25 bits per heavy atom. The normalized spacial score (nSPS) is 10.1. The van der Waals surface area contributed by atoms with Crippen molar-refractivity contribution in [1.82, 2.24) is 20.2 Å². The summed E-state index contributed by atoms with van der Waals surface area (Å²) in [7, 11) is 0. The minimum Gasteiger partial charge on any atom is -0.421 e. The summed E-state index contributed by atoms with van der Waals surface area (Å²) in [5, 5.41) is 6.98. The fourth-order valence-corrected chi connectivity index (χ4v) is 0.693. The van der Waals surface area contributed by atoms with E-state index in [0.29, 0.717) is 0 Å². The fourth-order valence-electron chi connectivity index (χ4n) is 0.693. The summed E-state index contributed by atoms with van der Waals surface area (Å²) >= 11 is 0. The molecule has 0 aliphatic rings. The van der Waals surface area contributed by atoms with E-state index >= 15 is 0 Å². The molecular weight excluding hydrogens is 163 g/mol. The van der Waals surface area contributed by atoms with Crippen LogP contribution in [0.1, 0.15) is 0 Å². The van der Waals surface area contributed by atoms with Crippen LogP contribution in [0, 0.1) is 5.82 Å². The predicted octanol–water partition coefficient (Wildman–Crippen LogP) is 0.666. The average molecular weight is 166 g/mol. The van der Waals surface area contributed by atoms with Crippen molar-refractivity contribution in [2.45, 2.75) is 0 Å². The third-order valence-electron chi connectivity index (χ3n) is 1.17. The highest BCUT2D eigenvalue weighted by molar-refractivity contribution is 5.37. The predicted molar refractivity (Wildman–Crippen MR) is 35.3 cm³/mol. The number of halogens is 1. The second-order valence-electron chi connectivity index (χ2n) is 1.97. The maximum Gasteiger partial charge on any atom is 0.285 e.